The Morgan fingerprint density at radius 3 is 3.00 bits per heavy atom. The lowest BCUT2D eigenvalue weighted by Gasteiger charge is -2.31. The Balaban J connectivity index is 1.86. The summed E-state index contributed by atoms with van der Waals surface area (Å²) in [5.74, 6) is 0.0817. The van der Waals surface area contributed by atoms with Crippen LogP contribution >= 0.6 is 0 Å². The van der Waals surface area contributed by atoms with Gasteiger partial charge in [-0.05, 0) is 12.1 Å². The second kappa shape index (κ2) is 3.61. The highest BCUT2D eigenvalue weighted by molar-refractivity contribution is 6.03. The summed E-state index contributed by atoms with van der Waals surface area (Å²) in [4.78, 5) is 7.47. The highest BCUT2D eigenvalue weighted by Crippen LogP contribution is 2.30. The van der Waals surface area contributed by atoms with E-state index in [2.05, 4.69) is 25.5 Å². The first-order valence-corrected chi connectivity index (χ1v) is 6.19. The molecule has 3 aromatic rings. The zero-order valence-corrected chi connectivity index (χ0v) is 10.5. The first-order valence-electron chi connectivity index (χ1n) is 6.19. The van der Waals surface area contributed by atoms with E-state index in [1.54, 1.807) is 12.4 Å². The summed E-state index contributed by atoms with van der Waals surface area (Å²) in [7, 11) is 0. The molecule has 0 spiro atoms. The van der Waals surface area contributed by atoms with Gasteiger partial charge in [0.1, 0.15) is 11.7 Å². The van der Waals surface area contributed by atoms with E-state index in [0.717, 1.165) is 27.8 Å². The molecule has 7 N–H and O–H groups in total. The second-order valence-electron chi connectivity index (χ2n) is 4.83. The number of nitrogens with two attached hydrogens (primary N) is 2. The largest absolute Gasteiger partial charge is 0.383 e. The van der Waals surface area contributed by atoms with Gasteiger partial charge in [0.25, 0.3) is 0 Å². The number of nitrogens with zero attached hydrogens (tertiary/aromatic N) is 2. The number of fused-ring (bicyclic) bond motifs is 2. The minimum atomic E-state index is -1.10. The van der Waals surface area contributed by atoms with Gasteiger partial charge >= 0.3 is 0 Å². The van der Waals surface area contributed by atoms with Gasteiger partial charge in [-0.25, -0.2) is 4.99 Å². The van der Waals surface area contributed by atoms with E-state index in [9.17, 15) is 0 Å². The van der Waals surface area contributed by atoms with Gasteiger partial charge in [-0.15, -0.1) is 0 Å². The predicted octanol–water partition coefficient (Wildman–Crippen LogP) is 0.791. The van der Waals surface area contributed by atoms with E-state index in [0.29, 0.717) is 5.84 Å². The van der Waals surface area contributed by atoms with Crippen molar-refractivity contribution in [2.24, 2.45) is 16.5 Å². The summed E-state index contributed by atoms with van der Waals surface area (Å²) in [6, 6.07) is 7.63. The quantitative estimate of drug-likeness (QED) is 0.447. The normalized spacial score (nSPS) is 21.4. The SMILES string of the molecule is NC1=NC(N)(c2ccc3cn[nH]c3c2)Nc2[nH]ccc21. The molecule has 1 aliphatic rings. The minimum Gasteiger partial charge on any atom is -0.383 e. The van der Waals surface area contributed by atoms with E-state index in [1.807, 2.05) is 24.3 Å². The van der Waals surface area contributed by atoms with E-state index >= 15 is 0 Å². The number of H-pyrrole nitrogens is 2. The van der Waals surface area contributed by atoms with E-state index in [4.69, 9.17) is 11.5 Å². The molecule has 1 atom stereocenters. The number of aromatic nitrogens is 3. The minimum absolute atomic E-state index is 0.409. The standard InChI is InChI=1S/C13H13N7/c14-11-9-3-4-16-12(9)19-13(15,18-11)8-2-1-7-6-17-20-10(7)5-8/h1-6,16,19H,15H2,(H2,14,18)(H,17,20). The molecule has 1 unspecified atom stereocenters. The molecular weight excluding hydrogens is 254 g/mol. The third kappa shape index (κ3) is 1.44. The first-order chi connectivity index (χ1) is 9.66. The number of hydrogen-bond acceptors (Lipinski definition) is 5. The maximum absolute atomic E-state index is 6.37. The molecule has 7 heteroatoms. The van der Waals surface area contributed by atoms with Gasteiger partial charge in [0.2, 0.25) is 5.79 Å². The second-order valence-corrected chi connectivity index (χ2v) is 4.83. The third-order valence-electron chi connectivity index (χ3n) is 3.52. The number of benzene rings is 1. The summed E-state index contributed by atoms with van der Waals surface area (Å²) in [5, 5.41) is 11.1. The van der Waals surface area contributed by atoms with Gasteiger partial charge in [0.15, 0.2) is 0 Å². The van der Waals surface area contributed by atoms with Crippen molar-refractivity contribution < 1.29 is 0 Å². The third-order valence-corrected chi connectivity index (χ3v) is 3.52. The van der Waals surface area contributed by atoms with Crippen molar-refractivity contribution in [2.45, 2.75) is 5.79 Å². The fourth-order valence-corrected chi connectivity index (χ4v) is 2.47. The summed E-state index contributed by atoms with van der Waals surface area (Å²) < 4.78 is 0. The van der Waals surface area contributed by atoms with E-state index < -0.39 is 5.79 Å². The zero-order valence-electron chi connectivity index (χ0n) is 10.5. The average molecular weight is 267 g/mol. The lowest BCUT2D eigenvalue weighted by molar-refractivity contribution is 0.536. The predicted molar refractivity (Wildman–Crippen MR) is 77.1 cm³/mol. The van der Waals surface area contributed by atoms with Gasteiger partial charge in [-0.3, -0.25) is 10.8 Å². The van der Waals surface area contributed by atoms with E-state index in [-0.39, 0.29) is 0 Å². The van der Waals surface area contributed by atoms with Gasteiger partial charge in [-0.1, -0.05) is 12.1 Å². The van der Waals surface area contributed by atoms with Crippen LogP contribution < -0.4 is 16.8 Å². The van der Waals surface area contributed by atoms with Gasteiger partial charge in [0.05, 0.1) is 17.3 Å². The van der Waals surface area contributed by atoms with Crippen molar-refractivity contribution >= 4 is 22.6 Å². The molecule has 1 aliphatic heterocycles. The van der Waals surface area contributed by atoms with Crippen molar-refractivity contribution in [3.8, 4) is 0 Å². The molecule has 2 aromatic heterocycles. The molecule has 3 heterocycles. The van der Waals surface area contributed by atoms with Crippen LogP contribution in [-0.4, -0.2) is 21.0 Å². The van der Waals surface area contributed by atoms with E-state index in [1.165, 1.54) is 0 Å². The lowest BCUT2D eigenvalue weighted by Crippen LogP contribution is -2.47. The summed E-state index contributed by atoms with van der Waals surface area (Å²) in [5.41, 5.74) is 14.9. The Hall–Kier alpha value is -2.80. The molecule has 0 saturated heterocycles. The molecule has 0 saturated carbocycles. The summed E-state index contributed by atoms with van der Waals surface area (Å²) >= 11 is 0. The molecule has 0 fully saturated rings. The van der Waals surface area contributed by atoms with Gasteiger partial charge in [-0.2, -0.15) is 5.10 Å². The molecule has 7 nitrogen and oxygen atoms in total. The number of nitrogens with one attached hydrogen (secondary N) is 3. The van der Waals surface area contributed by atoms with Crippen LogP contribution in [0.15, 0.2) is 41.7 Å². The fourth-order valence-electron chi connectivity index (χ4n) is 2.47. The van der Waals surface area contributed by atoms with Crippen LogP contribution in [0.25, 0.3) is 10.9 Å². The number of hydrogen-bond donors (Lipinski definition) is 5. The maximum atomic E-state index is 6.37. The van der Waals surface area contributed by atoms with Gasteiger partial charge < -0.3 is 16.0 Å². The van der Waals surface area contributed by atoms with Crippen molar-refractivity contribution in [2.75, 3.05) is 5.32 Å². The molecule has 0 aliphatic carbocycles. The Kier molecular flexibility index (Phi) is 2.00. The van der Waals surface area contributed by atoms with Crippen LogP contribution in [0.5, 0.6) is 0 Å². The molecule has 0 amide bonds. The molecule has 1 aromatic carbocycles. The molecule has 20 heavy (non-hydrogen) atoms. The van der Waals surface area contributed by atoms with Crippen LogP contribution in [-0.2, 0) is 5.79 Å². The maximum Gasteiger partial charge on any atom is 0.212 e. The Bertz CT molecular complexity index is 828. The molecular formula is C13H13N7. The van der Waals surface area contributed by atoms with Crippen LogP contribution in [0.2, 0.25) is 0 Å². The molecule has 100 valence electrons. The zero-order chi connectivity index (χ0) is 13.7. The lowest BCUT2D eigenvalue weighted by atomic mass is 10.0. The molecule has 0 bridgehead atoms. The average Bonchev–Trinajstić information content (AvgIpc) is 3.05. The highest BCUT2D eigenvalue weighted by Gasteiger charge is 2.33. The Morgan fingerprint density at radius 1 is 1.20 bits per heavy atom. The monoisotopic (exact) mass is 267 g/mol. The first kappa shape index (κ1) is 11.1. The Morgan fingerprint density at radius 2 is 2.10 bits per heavy atom. The smallest absolute Gasteiger partial charge is 0.212 e. The topological polar surface area (TPSA) is 121 Å². The fraction of sp³-hybridized carbons (Fsp3) is 0.0769. The van der Waals surface area contributed by atoms with Crippen LogP contribution in [0.4, 0.5) is 5.82 Å². The summed E-state index contributed by atoms with van der Waals surface area (Å²) in [6.45, 7) is 0. The number of aliphatic imine (C=N–C) groups is 1. The van der Waals surface area contributed by atoms with Crippen LogP contribution in [0, 0.1) is 0 Å². The molecule has 4 rings (SSSR count). The van der Waals surface area contributed by atoms with Crippen molar-refractivity contribution in [3.05, 3.63) is 47.8 Å². The number of aromatic amines is 2. The van der Waals surface area contributed by atoms with Crippen molar-refractivity contribution in [1.82, 2.24) is 15.2 Å². The van der Waals surface area contributed by atoms with Crippen LogP contribution in [0.1, 0.15) is 11.1 Å². The molecule has 0 radical (unpaired) electrons. The van der Waals surface area contributed by atoms with Crippen LogP contribution in [0.3, 0.4) is 0 Å². The number of amidine groups is 1. The number of rotatable bonds is 1. The number of anilines is 1. The Labute approximate surface area is 114 Å². The van der Waals surface area contributed by atoms with Crippen molar-refractivity contribution in [3.63, 3.8) is 0 Å². The summed E-state index contributed by atoms with van der Waals surface area (Å²) in [6.07, 6.45) is 3.56. The highest BCUT2D eigenvalue weighted by atomic mass is 15.3. The van der Waals surface area contributed by atoms with Crippen molar-refractivity contribution in [1.29, 1.82) is 0 Å². The van der Waals surface area contributed by atoms with Gasteiger partial charge in [0, 0.05) is 17.1 Å².